The van der Waals surface area contributed by atoms with Crippen molar-refractivity contribution in [3.63, 3.8) is 0 Å². The van der Waals surface area contributed by atoms with Crippen LogP contribution < -0.4 is 5.32 Å². The summed E-state index contributed by atoms with van der Waals surface area (Å²) in [5.41, 5.74) is 4.36. The molecule has 1 heterocycles. The van der Waals surface area contributed by atoms with Crippen LogP contribution in [0, 0.1) is 11.7 Å². The molecule has 5 heteroatoms. The summed E-state index contributed by atoms with van der Waals surface area (Å²) in [6.45, 7) is 6.01. The molecule has 0 atom stereocenters. The fourth-order valence-electron chi connectivity index (χ4n) is 3.05. The van der Waals surface area contributed by atoms with Crippen LogP contribution in [0.15, 0.2) is 18.2 Å². The van der Waals surface area contributed by atoms with E-state index in [9.17, 15) is 9.18 Å². The van der Waals surface area contributed by atoms with Crippen LogP contribution in [0.3, 0.4) is 0 Å². The molecule has 1 aliphatic carbocycles. The van der Waals surface area contributed by atoms with Crippen molar-refractivity contribution in [1.29, 1.82) is 0 Å². The van der Waals surface area contributed by atoms with Crippen LogP contribution in [-0.2, 0) is 24.1 Å². The zero-order valence-electron chi connectivity index (χ0n) is 14.3. The van der Waals surface area contributed by atoms with Crippen molar-refractivity contribution < 1.29 is 9.18 Å². The molecule has 0 unspecified atom stereocenters. The highest BCUT2D eigenvalue weighted by molar-refractivity contribution is 5.90. The van der Waals surface area contributed by atoms with Gasteiger partial charge in [0.05, 0.1) is 17.1 Å². The van der Waals surface area contributed by atoms with Gasteiger partial charge in [-0.05, 0) is 48.9 Å². The smallest absolute Gasteiger partial charge is 0.225 e. The molecule has 0 saturated heterocycles. The normalized spacial score (nSPS) is 12.7. The average Bonchev–Trinajstić information content (AvgIpc) is 2.52. The maximum Gasteiger partial charge on any atom is 0.225 e. The second kappa shape index (κ2) is 6.67. The van der Waals surface area contributed by atoms with E-state index in [1.807, 2.05) is 20.8 Å². The van der Waals surface area contributed by atoms with Crippen molar-refractivity contribution in [2.24, 2.45) is 5.92 Å². The van der Waals surface area contributed by atoms with E-state index in [2.05, 4.69) is 10.3 Å². The predicted octanol–water partition coefficient (Wildman–Crippen LogP) is 3.93. The van der Waals surface area contributed by atoms with E-state index >= 15 is 0 Å². The van der Waals surface area contributed by atoms with Gasteiger partial charge < -0.3 is 5.32 Å². The summed E-state index contributed by atoms with van der Waals surface area (Å²) in [5.74, 6) is 0.598. The molecule has 2 aromatic rings. The van der Waals surface area contributed by atoms with E-state index in [1.54, 1.807) is 12.1 Å². The third-order valence-corrected chi connectivity index (χ3v) is 4.18. The van der Waals surface area contributed by atoms with Gasteiger partial charge in [-0.25, -0.2) is 14.4 Å². The largest absolute Gasteiger partial charge is 0.309 e. The molecule has 0 fully saturated rings. The number of aromatic nitrogens is 2. The number of amides is 1. The molecule has 1 amide bonds. The molecule has 0 aliphatic heterocycles. The van der Waals surface area contributed by atoms with Gasteiger partial charge in [-0.1, -0.05) is 20.8 Å². The Labute approximate surface area is 141 Å². The van der Waals surface area contributed by atoms with Gasteiger partial charge >= 0.3 is 0 Å². The Morgan fingerprint density at radius 3 is 2.79 bits per heavy atom. The molecule has 0 radical (unpaired) electrons. The third-order valence-electron chi connectivity index (χ3n) is 4.18. The molecule has 1 aromatic heterocycles. The average molecular weight is 327 g/mol. The maximum atomic E-state index is 13.4. The number of benzene rings is 1. The lowest BCUT2D eigenvalue weighted by Gasteiger charge is -2.20. The number of anilines is 1. The maximum absolute atomic E-state index is 13.4. The summed E-state index contributed by atoms with van der Waals surface area (Å²) in [7, 11) is 0. The molecule has 0 saturated carbocycles. The minimum Gasteiger partial charge on any atom is -0.309 e. The molecule has 126 valence electrons. The zero-order valence-corrected chi connectivity index (χ0v) is 14.3. The van der Waals surface area contributed by atoms with E-state index in [1.165, 1.54) is 6.07 Å². The van der Waals surface area contributed by atoms with Crippen LogP contribution in [0.1, 0.15) is 44.1 Å². The first-order valence-electron chi connectivity index (χ1n) is 8.46. The van der Waals surface area contributed by atoms with Gasteiger partial charge in [-0.15, -0.1) is 0 Å². The first-order valence-corrected chi connectivity index (χ1v) is 8.46. The molecule has 0 bridgehead atoms. The molecular weight excluding hydrogens is 305 g/mol. The number of hydrogen-bond donors (Lipinski definition) is 1. The van der Waals surface area contributed by atoms with E-state index in [0.29, 0.717) is 31.0 Å². The molecule has 1 aliphatic rings. The van der Waals surface area contributed by atoms with Gasteiger partial charge in [-0.2, -0.15) is 0 Å². The number of aryl methyl sites for hydroxylation is 3. The number of fused-ring (bicyclic) bond motifs is 3. The monoisotopic (exact) mass is 327 g/mol. The number of nitrogens with one attached hydrogen (secondary N) is 1. The van der Waals surface area contributed by atoms with Crippen molar-refractivity contribution in [2.45, 2.75) is 46.5 Å². The first kappa shape index (κ1) is 16.6. The number of carbonyl (C=O) groups is 1. The molecule has 1 N–H and O–H groups in total. The summed E-state index contributed by atoms with van der Waals surface area (Å²) in [5, 5.41) is 2.90. The first-order chi connectivity index (χ1) is 11.5. The Morgan fingerprint density at radius 2 is 2.08 bits per heavy atom. The standard InChI is InChI=1S/C19H22FN3O/c1-4-15-19(23-17(24)9-11(2)3)22-16-8-5-12-10-13(20)6-7-14(12)18(16)21-15/h6-7,10-11H,4-5,8-9H2,1-3H3,(H,22,23,24). The van der Waals surface area contributed by atoms with Gasteiger partial charge in [0.2, 0.25) is 5.91 Å². The molecule has 24 heavy (non-hydrogen) atoms. The van der Waals surface area contributed by atoms with Crippen LogP contribution in [0.5, 0.6) is 0 Å². The van der Waals surface area contributed by atoms with Gasteiger partial charge in [-0.3, -0.25) is 4.79 Å². The molecule has 4 nitrogen and oxygen atoms in total. The van der Waals surface area contributed by atoms with E-state index < -0.39 is 0 Å². The Balaban J connectivity index is 1.98. The van der Waals surface area contributed by atoms with Gasteiger partial charge in [0.1, 0.15) is 5.82 Å². The summed E-state index contributed by atoms with van der Waals surface area (Å²) in [6.07, 6.45) is 2.58. The number of nitrogens with zero attached hydrogens (tertiary/aromatic N) is 2. The Bertz CT molecular complexity index is 786. The van der Waals surface area contributed by atoms with Crippen LogP contribution >= 0.6 is 0 Å². The highest BCUT2D eigenvalue weighted by atomic mass is 19.1. The highest BCUT2D eigenvalue weighted by Gasteiger charge is 2.22. The van der Waals surface area contributed by atoms with Gasteiger partial charge in [0.15, 0.2) is 5.82 Å². The minimum absolute atomic E-state index is 0.0350. The van der Waals surface area contributed by atoms with Crippen molar-refractivity contribution in [3.8, 4) is 11.3 Å². The number of hydrogen-bond acceptors (Lipinski definition) is 3. The fraction of sp³-hybridized carbons (Fsp3) is 0.421. The summed E-state index contributed by atoms with van der Waals surface area (Å²) in [4.78, 5) is 21.5. The molecule has 1 aromatic carbocycles. The van der Waals surface area contributed by atoms with E-state index in [4.69, 9.17) is 4.98 Å². The lowest BCUT2D eigenvalue weighted by molar-refractivity contribution is -0.116. The summed E-state index contributed by atoms with van der Waals surface area (Å²) in [6, 6.07) is 4.80. The topological polar surface area (TPSA) is 54.9 Å². The second-order valence-corrected chi connectivity index (χ2v) is 6.62. The zero-order chi connectivity index (χ0) is 17.3. The number of halogens is 1. The molecule has 3 rings (SSSR count). The number of carbonyl (C=O) groups excluding carboxylic acids is 1. The van der Waals surface area contributed by atoms with Crippen molar-refractivity contribution in [2.75, 3.05) is 5.32 Å². The van der Waals surface area contributed by atoms with E-state index in [0.717, 1.165) is 34.6 Å². The molecular formula is C19H22FN3O. The Kier molecular flexibility index (Phi) is 4.60. The van der Waals surface area contributed by atoms with Crippen LogP contribution in [0.25, 0.3) is 11.3 Å². The van der Waals surface area contributed by atoms with Crippen molar-refractivity contribution in [3.05, 3.63) is 41.0 Å². The van der Waals surface area contributed by atoms with Crippen molar-refractivity contribution in [1.82, 2.24) is 9.97 Å². The van der Waals surface area contributed by atoms with E-state index in [-0.39, 0.29) is 11.7 Å². The minimum atomic E-state index is -0.224. The SMILES string of the molecule is CCc1nc2c(nc1NC(=O)CC(C)C)CCc1cc(F)ccc1-2. The quantitative estimate of drug-likeness (QED) is 0.926. The lowest BCUT2D eigenvalue weighted by Crippen LogP contribution is -2.19. The Hall–Kier alpha value is -2.30. The second-order valence-electron chi connectivity index (χ2n) is 6.62. The summed E-state index contributed by atoms with van der Waals surface area (Å²) >= 11 is 0. The van der Waals surface area contributed by atoms with Crippen LogP contribution in [0.4, 0.5) is 10.2 Å². The lowest BCUT2D eigenvalue weighted by atomic mass is 9.91. The number of rotatable bonds is 4. The Morgan fingerprint density at radius 1 is 1.29 bits per heavy atom. The van der Waals surface area contributed by atoms with Crippen molar-refractivity contribution >= 4 is 11.7 Å². The van der Waals surface area contributed by atoms with Crippen LogP contribution in [0.2, 0.25) is 0 Å². The van der Waals surface area contributed by atoms with Crippen LogP contribution in [-0.4, -0.2) is 15.9 Å². The van der Waals surface area contributed by atoms with Gasteiger partial charge in [0.25, 0.3) is 0 Å². The predicted molar refractivity (Wildman–Crippen MR) is 92.3 cm³/mol. The van der Waals surface area contributed by atoms with Gasteiger partial charge in [0, 0.05) is 12.0 Å². The fourth-order valence-corrected chi connectivity index (χ4v) is 3.05. The highest BCUT2D eigenvalue weighted by Crippen LogP contribution is 2.33. The summed E-state index contributed by atoms with van der Waals surface area (Å²) < 4.78 is 13.4. The molecule has 0 spiro atoms. The third kappa shape index (κ3) is 3.30.